The minimum absolute atomic E-state index is 0.212. The Morgan fingerprint density at radius 3 is 1.90 bits per heavy atom. The minimum atomic E-state index is 0.212. The fraction of sp³-hybridized carbons (Fsp3) is 0.400. The van der Waals surface area contributed by atoms with Gasteiger partial charge in [0.25, 0.3) is 0 Å². The van der Waals surface area contributed by atoms with Gasteiger partial charge in [-0.3, -0.25) is 0 Å². The SMILES string of the molecule is CCC(c1ccccc1)C(Br)c1ccc(C(C)(C)C)cc1. The van der Waals surface area contributed by atoms with E-state index in [-0.39, 0.29) is 5.41 Å². The molecule has 0 aliphatic rings. The van der Waals surface area contributed by atoms with Crippen molar-refractivity contribution in [3.63, 3.8) is 0 Å². The van der Waals surface area contributed by atoms with Gasteiger partial charge in [-0.05, 0) is 28.5 Å². The Morgan fingerprint density at radius 1 is 0.857 bits per heavy atom. The zero-order valence-corrected chi connectivity index (χ0v) is 15.0. The summed E-state index contributed by atoms with van der Waals surface area (Å²) >= 11 is 3.92. The molecule has 2 rings (SSSR count). The van der Waals surface area contributed by atoms with Gasteiger partial charge in [-0.25, -0.2) is 0 Å². The summed E-state index contributed by atoms with van der Waals surface area (Å²) in [6.45, 7) is 9.03. The highest BCUT2D eigenvalue weighted by Crippen LogP contribution is 2.40. The third kappa shape index (κ3) is 3.97. The molecule has 0 heterocycles. The Balaban J connectivity index is 2.24. The van der Waals surface area contributed by atoms with Crippen LogP contribution in [0.5, 0.6) is 0 Å². The van der Waals surface area contributed by atoms with Crippen molar-refractivity contribution in [1.29, 1.82) is 0 Å². The van der Waals surface area contributed by atoms with Gasteiger partial charge in [0.2, 0.25) is 0 Å². The molecular weight excluding hydrogens is 320 g/mol. The van der Waals surface area contributed by atoms with E-state index in [1.807, 2.05) is 0 Å². The van der Waals surface area contributed by atoms with E-state index in [9.17, 15) is 0 Å². The monoisotopic (exact) mass is 344 g/mol. The molecule has 112 valence electrons. The predicted octanol–water partition coefficient (Wildman–Crippen LogP) is 6.61. The average Bonchev–Trinajstić information content (AvgIpc) is 2.48. The quantitative estimate of drug-likeness (QED) is 0.547. The van der Waals surface area contributed by atoms with Crippen LogP contribution in [0.3, 0.4) is 0 Å². The van der Waals surface area contributed by atoms with Crippen molar-refractivity contribution in [2.45, 2.75) is 50.3 Å². The number of hydrogen-bond donors (Lipinski definition) is 0. The number of rotatable bonds is 4. The van der Waals surface area contributed by atoms with Gasteiger partial charge in [0, 0.05) is 10.7 Å². The van der Waals surface area contributed by atoms with Crippen LogP contribution in [0.25, 0.3) is 0 Å². The maximum absolute atomic E-state index is 3.92. The molecule has 0 saturated heterocycles. The first-order valence-corrected chi connectivity index (χ1v) is 8.64. The number of benzene rings is 2. The molecule has 2 unspecified atom stereocenters. The number of halogens is 1. The van der Waals surface area contributed by atoms with E-state index in [1.165, 1.54) is 16.7 Å². The summed E-state index contributed by atoms with van der Waals surface area (Å²) in [5.41, 5.74) is 4.36. The van der Waals surface area contributed by atoms with Crippen molar-refractivity contribution in [3.05, 3.63) is 71.3 Å². The summed E-state index contributed by atoms with van der Waals surface area (Å²) in [4.78, 5) is 0.360. The van der Waals surface area contributed by atoms with Crippen molar-refractivity contribution in [3.8, 4) is 0 Å². The highest BCUT2D eigenvalue weighted by Gasteiger charge is 2.21. The summed E-state index contributed by atoms with van der Waals surface area (Å²) in [6, 6.07) is 19.9. The first-order chi connectivity index (χ1) is 9.93. The van der Waals surface area contributed by atoms with Crippen molar-refractivity contribution < 1.29 is 0 Å². The van der Waals surface area contributed by atoms with E-state index >= 15 is 0 Å². The largest absolute Gasteiger partial charge is 0.0832 e. The van der Waals surface area contributed by atoms with Crippen LogP contribution in [0.2, 0.25) is 0 Å². The lowest BCUT2D eigenvalue weighted by Gasteiger charge is -2.24. The Bertz CT molecular complexity index is 549. The Kier molecular flexibility index (Phi) is 5.27. The second kappa shape index (κ2) is 6.79. The third-order valence-electron chi connectivity index (χ3n) is 4.12. The fourth-order valence-electron chi connectivity index (χ4n) is 2.71. The van der Waals surface area contributed by atoms with Gasteiger partial charge in [0.05, 0.1) is 0 Å². The maximum atomic E-state index is 3.92. The van der Waals surface area contributed by atoms with Gasteiger partial charge in [-0.15, -0.1) is 0 Å². The summed E-state index contributed by atoms with van der Waals surface area (Å²) in [6.07, 6.45) is 1.13. The molecule has 2 atom stereocenters. The molecule has 2 aromatic carbocycles. The van der Waals surface area contributed by atoms with Crippen LogP contribution in [0.15, 0.2) is 54.6 Å². The summed E-state index contributed by atoms with van der Waals surface area (Å²) < 4.78 is 0. The highest BCUT2D eigenvalue weighted by molar-refractivity contribution is 9.09. The van der Waals surface area contributed by atoms with Crippen LogP contribution >= 0.6 is 15.9 Å². The summed E-state index contributed by atoms with van der Waals surface area (Å²) in [7, 11) is 0. The normalized spacial score (nSPS) is 14.7. The highest BCUT2D eigenvalue weighted by atomic mass is 79.9. The fourth-order valence-corrected chi connectivity index (χ4v) is 3.70. The van der Waals surface area contributed by atoms with Gasteiger partial charge in [-0.1, -0.05) is 98.2 Å². The Labute approximate surface area is 137 Å². The number of alkyl halides is 1. The Hall–Kier alpha value is -1.08. The molecule has 2 aromatic rings. The Morgan fingerprint density at radius 2 is 1.43 bits per heavy atom. The van der Waals surface area contributed by atoms with Crippen LogP contribution in [-0.4, -0.2) is 0 Å². The molecule has 0 radical (unpaired) electrons. The van der Waals surface area contributed by atoms with Crippen LogP contribution in [0, 0.1) is 0 Å². The molecule has 0 amide bonds. The molecule has 1 heteroatoms. The molecule has 21 heavy (non-hydrogen) atoms. The first-order valence-electron chi connectivity index (χ1n) is 7.73. The molecule has 0 nitrogen and oxygen atoms in total. The van der Waals surface area contributed by atoms with E-state index in [4.69, 9.17) is 0 Å². The molecule has 0 N–H and O–H groups in total. The van der Waals surface area contributed by atoms with E-state index < -0.39 is 0 Å². The van der Waals surface area contributed by atoms with Crippen molar-refractivity contribution in [2.75, 3.05) is 0 Å². The average molecular weight is 345 g/mol. The molecule has 0 fully saturated rings. The topological polar surface area (TPSA) is 0 Å². The van der Waals surface area contributed by atoms with Crippen LogP contribution < -0.4 is 0 Å². The van der Waals surface area contributed by atoms with Crippen molar-refractivity contribution in [1.82, 2.24) is 0 Å². The molecule has 0 spiro atoms. The first kappa shape index (κ1) is 16.3. The lowest BCUT2D eigenvalue weighted by molar-refractivity contribution is 0.589. The second-order valence-corrected chi connectivity index (χ2v) is 7.69. The zero-order valence-electron chi connectivity index (χ0n) is 13.4. The van der Waals surface area contributed by atoms with Gasteiger partial charge >= 0.3 is 0 Å². The van der Waals surface area contributed by atoms with Crippen LogP contribution in [0.4, 0.5) is 0 Å². The van der Waals surface area contributed by atoms with E-state index in [0.29, 0.717) is 10.7 Å². The standard InChI is InChI=1S/C20H25Br/c1-5-18(15-9-7-6-8-10-15)19(21)16-11-13-17(14-12-16)20(2,3)4/h6-14,18-19H,5H2,1-4H3. The zero-order chi connectivity index (χ0) is 15.5. The lowest BCUT2D eigenvalue weighted by atomic mass is 9.85. The maximum Gasteiger partial charge on any atom is 0.0463 e. The van der Waals surface area contributed by atoms with Gasteiger partial charge in [0.15, 0.2) is 0 Å². The molecular formula is C20H25Br. The number of hydrogen-bond acceptors (Lipinski definition) is 0. The second-order valence-electron chi connectivity index (χ2n) is 6.70. The predicted molar refractivity (Wildman–Crippen MR) is 96.3 cm³/mol. The minimum Gasteiger partial charge on any atom is -0.0832 e. The smallest absolute Gasteiger partial charge is 0.0463 e. The van der Waals surface area contributed by atoms with E-state index in [2.05, 4.69) is 98.2 Å². The van der Waals surface area contributed by atoms with Crippen molar-refractivity contribution >= 4 is 15.9 Å². The van der Waals surface area contributed by atoms with Crippen LogP contribution in [0.1, 0.15) is 61.6 Å². The van der Waals surface area contributed by atoms with Gasteiger partial charge < -0.3 is 0 Å². The van der Waals surface area contributed by atoms with E-state index in [1.54, 1.807) is 0 Å². The van der Waals surface area contributed by atoms with Gasteiger partial charge in [-0.2, -0.15) is 0 Å². The third-order valence-corrected chi connectivity index (χ3v) is 5.28. The van der Waals surface area contributed by atoms with Crippen molar-refractivity contribution in [2.24, 2.45) is 0 Å². The molecule has 0 saturated carbocycles. The molecule has 0 aliphatic carbocycles. The van der Waals surface area contributed by atoms with E-state index in [0.717, 1.165) is 6.42 Å². The molecule has 0 aromatic heterocycles. The summed E-state index contributed by atoms with van der Waals surface area (Å²) in [5, 5.41) is 0. The van der Waals surface area contributed by atoms with Crippen LogP contribution in [-0.2, 0) is 5.41 Å². The summed E-state index contributed by atoms with van der Waals surface area (Å²) in [5.74, 6) is 0.506. The molecule has 0 bridgehead atoms. The van der Waals surface area contributed by atoms with Gasteiger partial charge in [0.1, 0.15) is 0 Å². The lowest BCUT2D eigenvalue weighted by Crippen LogP contribution is -2.11. The molecule has 0 aliphatic heterocycles.